The van der Waals surface area contributed by atoms with Crippen molar-refractivity contribution < 1.29 is 9.59 Å². The zero-order valence-electron chi connectivity index (χ0n) is 8.67. The fourth-order valence-corrected chi connectivity index (χ4v) is 2.62. The fraction of sp³-hybridized carbons (Fsp3) is 0.300. The SMILES string of the molecule is O=C1CCC(Nc2ncc(Br)cc2Br)C(=O)N1. The van der Waals surface area contributed by atoms with Gasteiger partial charge in [-0.05, 0) is 44.3 Å². The van der Waals surface area contributed by atoms with Crippen molar-refractivity contribution in [1.82, 2.24) is 10.3 Å². The molecule has 0 saturated carbocycles. The summed E-state index contributed by atoms with van der Waals surface area (Å²) in [5.74, 6) is 0.0523. The minimum atomic E-state index is -0.419. The summed E-state index contributed by atoms with van der Waals surface area (Å²) in [5, 5.41) is 5.29. The highest BCUT2D eigenvalue weighted by molar-refractivity contribution is 9.11. The van der Waals surface area contributed by atoms with Gasteiger partial charge in [-0.25, -0.2) is 4.98 Å². The number of amides is 2. The first kappa shape index (κ1) is 12.5. The van der Waals surface area contributed by atoms with Crippen LogP contribution in [0.25, 0.3) is 0 Å². The number of anilines is 1. The first-order valence-corrected chi connectivity index (χ1v) is 6.56. The van der Waals surface area contributed by atoms with Gasteiger partial charge >= 0.3 is 0 Å². The van der Waals surface area contributed by atoms with E-state index in [1.54, 1.807) is 6.20 Å². The van der Waals surface area contributed by atoms with E-state index in [1.165, 1.54) is 0 Å². The Bertz CT molecular complexity index is 479. The fourth-order valence-electron chi connectivity index (χ4n) is 1.52. The van der Waals surface area contributed by atoms with Crippen LogP contribution in [0.3, 0.4) is 0 Å². The Kier molecular flexibility index (Phi) is 3.78. The maximum absolute atomic E-state index is 11.5. The van der Waals surface area contributed by atoms with Crippen LogP contribution in [-0.4, -0.2) is 22.8 Å². The van der Waals surface area contributed by atoms with Gasteiger partial charge in [-0.15, -0.1) is 0 Å². The summed E-state index contributed by atoms with van der Waals surface area (Å²) in [6, 6.07) is 1.42. The van der Waals surface area contributed by atoms with E-state index in [9.17, 15) is 9.59 Å². The summed E-state index contributed by atoms with van der Waals surface area (Å²) in [7, 11) is 0. The Morgan fingerprint density at radius 2 is 2.18 bits per heavy atom. The monoisotopic (exact) mass is 361 g/mol. The van der Waals surface area contributed by atoms with E-state index < -0.39 is 6.04 Å². The number of piperidine rings is 1. The molecule has 2 rings (SSSR count). The Morgan fingerprint density at radius 1 is 1.41 bits per heavy atom. The van der Waals surface area contributed by atoms with Crippen LogP contribution in [0.5, 0.6) is 0 Å². The summed E-state index contributed by atoms with van der Waals surface area (Å²) in [4.78, 5) is 26.7. The molecule has 1 aliphatic rings. The van der Waals surface area contributed by atoms with Crippen molar-refractivity contribution in [3.8, 4) is 0 Å². The number of hydrogen-bond donors (Lipinski definition) is 2. The number of nitrogens with zero attached hydrogens (tertiary/aromatic N) is 1. The minimum absolute atomic E-state index is 0.226. The second-order valence-electron chi connectivity index (χ2n) is 3.63. The Morgan fingerprint density at radius 3 is 2.82 bits per heavy atom. The molecule has 1 aliphatic heterocycles. The summed E-state index contributed by atoms with van der Waals surface area (Å²) in [6.45, 7) is 0. The number of halogens is 2. The average Bonchev–Trinajstić information content (AvgIpc) is 2.25. The Balaban J connectivity index is 2.10. The van der Waals surface area contributed by atoms with Crippen molar-refractivity contribution in [2.75, 3.05) is 5.32 Å². The third kappa shape index (κ3) is 3.04. The molecule has 2 N–H and O–H groups in total. The minimum Gasteiger partial charge on any atom is -0.357 e. The number of imide groups is 1. The highest BCUT2D eigenvalue weighted by Gasteiger charge is 2.26. The lowest BCUT2D eigenvalue weighted by atomic mass is 10.1. The Labute approximate surface area is 115 Å². The molecule has 5 nitrogen and oxygen atoms in total. The number of nitrogens with one attached hydrogen (secondary N) is 2. The highest BCUT2D eigenvalue weighted by atomic mass is 79.9. The Hall–Kier alpha value is -0.950. The van der Waals surface area contributed by atoms with Crippen LogP contribution in [0.4, 0.5) is 5.82 Å². The largest absolute Gasteiger partial charge is 0.357 e. The van der Waals surface area contributed by atoms with Gasteiger partial charge in [0.25, 0.3) is 0 Å². The van der Waals surface area contributed by atoms with E-state index >= 15 is 0 Å². The molecule has 1 aromatic rings. The molecule has 1 saturated heterocycles. The van der Waals surface area contributed by atoms with E-state index in [-0.39, 0.29) is 11.8 Å². The third-order valence-corrected chi connectivity index (χ3v) is 3.40. The van der Waals surface area contributed by atoms with Gasteiger partial charge in [-0.3, -0.25) is 14.9 Å². The predicted octanol–water partition coefficient (Wildman–Crippen LogP) is 1.82. The van der Waals surface area contributed by atoms with Crippen molar-refractivity contribution in [3.63, 3.8) is 0 Å². The molecule has 2 heterocycles. The van der Waals surface area contributed by atoms with Crippen molar-refractivity contribution in [1.29, 1.82) is 0 Å². The van der Waals surface area contributed by atoms with Gasteiger partial charge in [0.05, 0.1) is 4.47 Å². The second-order valence-corrected chi connectivity index (χ2v) is 5.40. The van der Waals surface area contributed by atoms with Gasteiger partial charge in [-0.2, -0.15) is 0 Å². The molecule has 90 valence electrons. The topological polar surface area (TPSA) is 71.1 Å². The van der Waals surface area contributed by atoms with Crippen molar-refractivity contribution >= 4 is 49.5 Å². The molecule has 0 radical (unpaired) electrons. The maximum atomic E-state index is 11.5. The van der Waals surface area contributed by atoms with Crippen molar-refractivity contribution in [3.05, 3.63) is 21.2 Å². The number of carbonyl (C=O) groups excluding carboxylic acids is 2. The first-order chi connectivity index (χ1) is 8.06. The lowest BCUT2D eigenvalue weighted by Crippen LogP contribution is -2.47. The van der Waals surface area contributed by atoms with Gasteiger partial charge < -0.3 is 5.32 Å². The van der Waals surface area contributed by atoms with Gasteiger partial charge in [0.2, 0.25) is 11.8 Å². The lowest BCUT2D eigenvalue weighted by molar-refractivity contribution is -0.133. The molecule has 0 spiro atoms. The van der Waals surface area contributed by atoms with Crippen LogP contribution in [0.15, 0.2) is 21.2 Å². The van der Waals surface area contributed by atoms with Gasteiger partial charge in [0.15, 0.2) is 0 Å². The van der Waals surface area contributed by atoms with Crippen LogP contribution in [-0.2, 0) is 9.59 Å². The lowest BCUT2D eigenvalue weighted by Gasteiger charge is -2.22. The maximum Gasteiger partial charge on any atom is 0.249 e. The van der Waals surface area contributed by atoms with Crippen LogP contribution in [0.1, 0.15) is 12.8 Å². The van der Waals surface area contributed by atoms with Crippen molar-refractivity contribution in [2.24, 2.45) is 0 Å². The van der Waals surface area contributed by atoms with Gasteiger partial charge in [-0.1, -0.05) is 0 Å². The third-order valence-electron chi connectivity index (χ3n) is 2.36. The molecule has 2 amide bonds. The molecular weight excluding hydrogens is 354 g/mol. The second kappa shape index (κ2) is 5.14. The normalized spacial score (nSPS) is 20.0. The molecule has 1 aromatic heterocycles. The molecule has 7 heteroatoms. The predicted molar refractivity (Wildman–Crippen MR) is 69.4 cm³/mol. The summed E-state index contributed by atoms with van der Waals surface area (Å²) in [5.41, 5.74) is 0. The van der Waals surface area contributed by atoms with Gasteiger partial charge in [0.1, 0.15) is 11.9 Å². The van der Waals surface area contributed by atoms with Gasteiger partial charge in [0, 0.05) is 17.1 Å². The van der Waals surface area contributed by atoms with E-state index in [4.69, 9.17) is 0 Å². The number of carbonyl (C=O) groups is 2. The van der Waals surface area contributed by atoms with Crippen LogP contribution in [0, 0.1) is 0 Å². The number of hydrogen-bond acceptors (Lipinski definition) is 4. The summed E-state index contributed by atoms with van der Waals surface area (Å²) in [6.07, 6.45) is 2.46. The molecule has 0 aliphatic carbocycles. The molecule has 17 heavy (non-hydrogen) atoms. The van der Waals surface area contributed by atoms with E-state index in [2.05, 4.69) is 47.5 Å². The van der Waals surface area contributed by atoms with Crippen LogP contribution >= 0.6 is 31.9 Å². The number of aromatic nitrogens is 1. The molecule has 1 atom stereocenters. The summed E-state index contributed by atoms with van der Waals surface area (Å²) < 4.78 is 1.61. The quantitative estimate of drug-likeness (QED) is 0.787. The zero-order valence-corrected chi connectivity index (χ0v) is 11.8. The highest BCUT2D eigenvalue weighted by Crippen LogP contribution is 2.24. The van der Waals surface area contributed by atoms with Crippen molar-refractivity contribution in [2.45, 2.75) is 18.9 Å². The van der Waals surface area contributed by atoms with E-state index in [0.29, 0.717) is 18.7 Å². The number of pyridine rings is 1. The molecule has 0 bridgehead atoms. The molecule has 1 fully saturated rings. The van der Waals surface area contributed by atoms with E-state index in [1.807, 2.05) is 6.07 Å². The number of rotatable bonds is 2. The van der Waals surface area contributed by atoms with E-state index in [0.717, 1.165) is 8.95 Å². The van der Waals surface area contributed by atoms with Crippen LogP contribution < -0.4 is 10.6 Å². The molecule has 1 unspecified atom stereocenters. The smallest absolute Gasteiger partial charge is 0.249 e. The molecule has 0 aromatic carbocycles. The van der Waals surface area contributed by atoms with Crippen LogP contribution in [0.2, 0.25) is 0 Å². The standard InChI is InChI=1S/C10H9Br2N3O2/c11-5-3-6(12)9(13-4-5)14-7-1-2-8(16)15-10(7)17/h3-4,7H,1-2H2,(H,13,14)(H,15,16,17). The summed E-state index contributed by atoms with van der Waals surface area (Å²) >= 11 is 6.65. The first-order valence-electron chi connectivity index (χ1n) is 4.97. The zero-order chi connectivity index (χ0) is 12.4. The average molecular weight is 363 g/mol. The molecular formula is C10H9Br2N3O2.